The van der Waals surface area contributed by atoms with Crippen LogP contribution in [0.4, 0.5) is 13.2 Å². The predicted molar refractivity (Wildman–Crippen MR) is 72.0 cm³/mol. The molecule has 110 valence electrons. The van der Waals surface area contributed by atoms with Crippen molar-refractivity contribution in [2.75, 3.05) is 0 Å². The van der Waals surface area contributed by atoms with Crippen LogP contribution in [0.2, 0.25) is 0 Å². The number of hydrogen-bond donors (Lipinski definition) is 0. The van der Waals surface area contributed by atoms with Crippen LogP contribution >= 0.6 is 0 Å². The van der Waals surface area contributed by atoms with Crippen molar-refractivity contribution >= 4 is 0 Å². The van der Waals surface area contributed by atoms with E-state index < -0.39 is 11.9 Å². The van der Waals surface area contributed by atoms with Crippen molar-refractivity contribution in [3.8, 4) is 5.75 Å². The molecule has 2 aromatic rings. The summed E-state index contributed by atoms with van der Waals surface area (Å²) in [5, 5.41) is 0. The van der Waals surface area contributed by atoms with E-state index in [4.69, 9.17) is 4.74 Å². The highest BCUT2D eigenvalue weighted by atomic mass is 19.4. The van der Waals surface area contributed by atoms with Gasteiger partial charge in [0.05, 0.1) is 5.69 Å². The largest absolute Gasteiger partial charge is 0.487 e. The number of ether oxygens (including phenoxy) is 1. The summed E-state index contributed by atoms with van der Waals surface area (Å²) in [6.45, 7) is 0.327. The molecule has 1 heterocycles. The highest BCUT2D eigenvalue weighted by Gasteiger charge is 2.36. The van der Waals surface area contributed by atoms with Crippen molar-refractivity contribution in [2.45, 2.75) is 31.5 Å². The summed E-state index contributed by atoms with van der Waals surface area (Å²) in [4.78, 5) is 3.77. The summed E-state index contributed by atoms with van der Waals surface area (Å²) in [5.74, 6) is 0.549. The van der Waals surface area contributed by atoms with Crippen LogP contribution in [0.3, 0.4) is 0 Å². The fraction of sp³-hybridized carbons (Fsp3) is 0.312. The predicted octanol–water partition coefficient (Wildman–Crippen LogP) is 4.56. The standard InChI is InChI=1S/C16H14F3NO/c17-16(18,19)14-9-8-13(15(20-14)12-6-7-12)21-10-11-4-2-1-3-5-11/h1-5,8-9,12H,6-7,10H2. The molecule has 0 spiro atoms. The first-order valence-corrected chi connectivity index (χ1v) is 6.79. The second-order valence-electron chi connectivity index (χ2n) is 5.13. The molecular weight excluding hydrogens is 279 g/mol. The minimum atomic E-state index is -4.42. The highest BCUT2D eigenvalue weighted by molar-refractivity contribution is 5.35. The van der Waals surface area contributed by atoms with Gasteiger partial charge in [-0.3, -0.25) is 0 Å². The van der Waals surface area contributed by atoms with Gasteiger partial charge in [-0.1, -0.05) is 30.3 Å². The Morgan fingerprint density at radius 2 is 1.76 bits per heavy atom. The quantitative estimate of drug-likeness (QED) is 0.824. The monoisotopic (exact) mass is 293 g/mol. The van der Waals surface area contributed by atoms with Crippen molar-refractivity contribution < 1.29 is 17.9 Å². The van der Waals surface area contributed by atoms with Crippen LogP contribution in [0.25, 0.3) is 0 Å². The molecule has 1 saturated carbocycles. The van der Waals surface area contributed by atoms with E-state index in [1.807, 2.05) is 30.3 Å². The van der Waals surface area contributed by atoms with Gasteiger partial charge in [-0.2, -0.15) is 13.2 Å². The SMILES string of the molecule is FC(F)(F)c1ccc(OCc2ccccc2)c(C2CC2)n1. The zero-order valence-electron chi connectivity index (χ0n) is 11.2. The number of halogens is 3. The summed E-state index contributed by atoms with van der Waals surface area (Å²) in [6, 6.07) is 11.9. The van der Waals surface area contributed by atoms with Crippen LogP contribution in [0, 0.1) is 0 Å². The summed E-state index contributed by atoms with van der Waals surface area (Å²) in [7, 11) is 0. The zero-order chi connectivity index (χ0) is 14.9. The lowest BCUT2D eigenvalue weighted by Gasteiger charge is -2.13. The molecule has 0 atom stereocenters. The molecule has 0 amide bonds. The van der Waals surface area contributed by atoms with Gasteiger partial charge in [-0.15, -0.1) is 0 Å². The van der Waals surface area contributed by atoms with Crippen molar-refractivity contribution in [3.05, 3.63) is 59.4 Å². The number of rotatable bonds is 4. The first kappa shape index (κ1) is 13.9. The first-order chi connectivity index (χ1) is 10.0. The van der Waals surface area contributed by atoms with Crippen LogP contribution in [-0.4, -0.2) is 4.98 Å². The third kappa shape index (κ3) is 3.35. The van der Waals surface area contributed by atoms with Crippen LogP contribution < -0.4 is 4.74 Å². The van der Waals surface area contributed by atoms with Gasteiger partial charge in [-0.05, 0) is 30.5 Å². The summed E-state index contributed by atoms with van der Waals surface area (Å²) in [5.41, 5.74) is 0.552. The molecule has 21 heavy (non-hydrogen) atoms. The topological polar surface area (TPSA) is 22.1 Å². The van der Waals surface area contributed by atoms with Crippen LogP contribution in [0.5, 0.6) is 5.75 Å². The average Bonchev–Trinajstić information content (AvgIpc) is 3.29. The smallest absolute Gasteiger partial charge is 0.433 e. The molecule has 2 nitrogen and oxygen atoms in total. The van der Waals surface area contributed by atoms with Gasteiger partial charge in [-0.25, -0.2) is 4.98 Å². The highest BCUT2D eigenvalue weighted by Crippen LogP contribution is 2.44. The van der Waals surface area contributed by atoms with Crippen LogP contribution in [-0.2, 0) is 12.8 Å². The molecule has 0 unspecified atom stereocenters. The second-order valence-corrected chi connectivity index (χ2v) is 5.13. The Morgan fingerprint density at radius 1 is 1.05 bits per heavy atom. The van der Waals surface area contributed by atoms with E-state index in [0.29, 0.717) is 18.1 Å². The summed E-state index contributed by atoms with van der Waals surface area (Å²) >= 11 is 0. The maximum absolute atomic E-state index is 12.7. The molecule has 1 aliphatic rings. The van der Waals surface area contributed by atoms with E-state index >= 15 is 0 Å². The molecule has 5 heteroatoms. The van der Waals surface area contributed by atoms with Gasteiger partial charge in [0.1, 0.15) is 18.1 Å². The van der Waals surface area contributed by atoms with Crippen molar-refractivity contribution in [1.82, 2.24) is 4.98 Å². The normalized spacial score (nSPS) is 15.0. The fourth-order valence-electron chi connectivity index (χ4n) is 2.13. The van der Waals surface area contributed by atoms with Crippen LogP contribution in [0.15, 0.2) is 42.5 Å². The van der Waals surface area contributed by atoms with E-state index in [9.17, 15) is 13.2 Å². The molecule has 0 N–H and O–H groups in total. The summed E-state index contributed by atoms with van der Waals surface area (Å²) in [6.07, 6.45) is -2.67. The Kier molecular flexibility index (Phi) is 3.57. The van der Waals surface area contributed by atoms with E-state index in [1.54, 1.807) is 0 Å². The molecule has 1 aromatic carbocycles. The van der Waals surface area contributed by atoms with E-state index in [2.05, 4.69) is 4.98 Å². The van der Waals surface area contributed by atoms with E-state index in [1.165, 1.54) is 6.07 Å². The number of alkyl halides is 3. The number of nitrogens with zero attached hydrogens (tertiary/aromatic N) is 1. The first-order valence-electron chi connectivity index (χ1n) is 6.79. The maximum atomic E-state index is 12.7. The van der Waals surface area contributed by atoms with Gasteiger partial charge >= 0.3 is 6.18 Å². The van der Waals surface area contributed by atoms with Gasteiger partial charge < -0.3 is 4.74 Å². The lowest BCUT2D eigenvalue weighted by Crippen LogP contribution is -2.10. The third-order valence-corrected chi connectivity index (χ3v) is 3.38. The molecule has 0 radical (unpaired) electrons. The molecule has 0 bridgehead atoms. The number of aromatic nitrogens is 1. The van der Waals surface area contributed by atoms with E-state index in [-0.39, 0.29) is 5.92 Å². The molecule has 0 saturated heterocycles. The lowest BCUT2D eigenvalue weighted by atomic mass is 10.2. The average molecular weight is 293 g/mol. The summed E-state index contributed by atoms with van der Waals surface area (Å²) < 4.78 is 43.9. The van der Waals surface area contributed by atoms with Gasteiger partial charge in [0.25, 0.3) is 0 Å². The lowest BCUT2D eigenvalue weighted by molar-refractivity contribution is -0.141. The van der Waals surface area contributed by atoms with E-state index in [0.717, 1.165) is 24.5 Å². The van der Waals surface area contributed by atoms with Crippen molar-refractivity contribution in [1.29, 1.82) is 0 Å². The van der Waals surface area contributed by atoms with Gasteiger partial charge in [0, 0.05) is 5.92 Å². The van der Waals surface area contributed by atoms with Crippen molar-refractivity contribution in [3.63, 3.8) is 0 Å². The number of hydrogen-bond acceptors (Lipinski definition) is 2. The Labute approximate surface area is 120 Å². The van der Waals surface area contributed by atoms with Gasteiger partial charge in [0.15, 0.2) is 0 Å². The Hall–Kier alpha value is -2.04. The minimum absolute atomic E-state index is 0.0954. The fourth-order valence-corrected chi connectivity index (χ4v) is 2.13. The molecule has 1 fully saturated rings. The molecule has 0 aliphatic heterocycles. The van der Waals surface area contributed by atoms with Gasteiger partial charge in [0.2, 0.25) is 0 Å². The number of benzene rings is 1. The maximum Gasteiger partial charge on any atom is 0.433 e. The molecular formula is C16H14F3NO. The molecule has 3 rings (SSSR count). The molecule has 1 aliphatic carbocycles. The molecule has 1 aromatic heterocycles. The second kappa shape index (κ2) is 5.39. The Morgan fingerprint density at radius 3 is 2.38 bits per heavy atom. The number of pyridine rings is 1. The zero-order valence-corrected chi connectivity index (χ0v) is 11.2. The minimum Gasteiger partial charge on any atom is -0.487 e. The Bertz CT molecular complexity index is 621. The van der Waals surface area contributed by atoms with Crippen LogP contribution in [0.1, 0.15) is 35.7 Å². The third-order valence-electron chi connectivity index (χ3n) is 3.38. The van der Waals surface area contributed by atoms with Crippen molar-refractivity contribution in [2.24, 2.45) is 0 Å². The Balaban J connectivity index is 1.81.